The zero-order valence-corrected chi connectivity index (χ0v) is 7.43. The molecule has 0 fully saturated rings. The van der Waals surface area contributed by atoms with Crippen molar-refractivity contribution in [2.24, 2.45) is 0 Å². The van der Waals surface area contributed by atoms with Gasteiger partial charge in [-0.05, 0) is 25.8 Å². The monoisotopic (exact) mass is 165 g/mol. The second-order valence-corrected chi connectivity index (χ2v) is 3.31. The van der Waals surface area contributed by atoms with Crippen molar-refractivity contribution in [3.8, 4) is 0 Å². The lowest BCUT2D eigenvalue weighted by molar-refractivity contribution is 0.470. The molecule has 1 aliphatic carbocycles. The topological polar surface area (TPSA) is 40.7 Å². The molecule has 0 unspecified atom stereocenters. The summed E-state index contributed by atoms with van der Waals surface area (Å²) in [6.07, 6.45) is 5.65. The first-order chi connectivity index (χ1) is 5.92. The van der Waals surface area contributed by atoms with Crippen LogP contribution in [0.5, 0.6) is 0 Å². The molecule has 0 radical (unpaired) electrons. The van der Waals surface area contributed by atoms with E-state index in [9.17, 15) is 0 Å². The fraction of sp³-hybridized carbons (Fsp3) is 0.667. The third kappa shape index (κ3) is 1.25. The molecule has 0 aliphatic heterocycles. The van der Waals surface area contributed by atoms with E-state index in [0.29, 0.717) is 6.04 Å². The number of H-pyrrole nitrogens is 1. The first kappa shape index (κ1) is 7.80. The van der Waals surface area contributed by atoms with Crippen molar-refractivity contribution in [3.05, 3.63) is 17.5 Å². The normalized spacial score (nSPS) is 22.2. The van der Waals surface area contributed by atoms with Crippen LogP contribution >= 0.6 is 0 Å². The third-order valence-electron chi connectivity index (χ3n) is 2.50. The fourth-order valence-electron chi connectivity index (χ4n) is 1.92. The van der Waals surface area contributed by atoms with Crippen molar-refractivity contribution in [2.45, 2.75) is 32.2 Å². The number of nitrogens with zero attached hydrogens (tertiary/aromatic N) is 1. The minimum Gasteiger partial charge on any atom is -0.310 e. The number of fused-ring (bicyclic) bond motifs is 1. The van der Waals surface area contributed by atoms with Gasteiger partial charge in [-0.25, -0.2) is 0 Å². The first-order valence-corrected chi connectivity index (χ1v) is 4.67. The average Bonchev–Trinajstić information content (AvgIpc) is 2.53. The highest BCUT2D eigenvalue weighted by Gasteiger charge is 2.20. The lowest BCUT2D eigenvalue weighted by Gasteiger charge is -2.22. The van der Waals surface area contributed by atoms with Crippen LogP contribution in [0.3, 0.4) is 0 Å². The van der Waals surface area contributed by atoms with Crippen molar-refractivity contribution in [3.63, 3.8) is 0 Å². The largest absolute Gasteiger partial charge is 0.310 e. The van der Waals surface area contributed by atoms with Gasteiger partial charge in [-0.3, -0.25) is 5.10 Å². The summed E-state index contributed by atoms with van der Waals surface area (Å²) >= 11 is 0. The van der Waals surface area contributed by atoms with Gasteiger partial charge in [0.25, 0.3) is 0 Å². The molecule has 0 saturated carbocycles. The third-order valence-corrected chi connectivity index (χ3v) is 2.50. The van der Waals surface area contributed by atoms with Gasteiger partial charge < -0.3 is 5.32 Å². The van der Waals surface area contributed by atoms with Gasteiger partial charge in [0.15, 0.2) is 0 Å². The summed E-state index contributed by atoms with van der Waals surface area (Å²) in [5.41, 5.74) is 2.70. The lowest BCUT2D eigenvalue weighted by atomic mass is 9.93. The highest BCUT2D eigenvalue weighted by Crippen LogP contribution is 2.27. The van der Waals surface area contributed by atoms with E-state index in [4.69, 9.17) is 0 Å². The minimum atomic E-state index is 0.539. The Labute approximate surface area is 72.6 Å². The van der Waals surface area contributed by atoms with Gasteiger partial charge in [-0.1, -0.05) is 6.92 Å². The summed E-state index contributed by atoms with van der Waals surface area (Å²) in [4.78, 5) is 0. The molecule has 2 rings (SSSR count). The van der Waals surface area contributed by atoms with Crippen molar-refractivity contribution < 1.29 is 0 Å². The number of hydrogen-bond acceptors (Lipinski definition) is 2. The number of rotatable bonds is 2. The number of hydrogen-bond donors (Lipinski definition) is 2. The quantitative estimate of drug-likeness (QED) is 0.695. The second kappa shape index (κ2) is 3.27. The van der Waals surface area contributed by atoms with Crippen LogP contribution in [0.4, 0.5) is 0 Å². The minimum absolute atomic E-state index is 0.539. The van der Waals surface area contributed by atoms with E-state index in [0.717, 1.165) is 13.0 Å². The maximum absolute atomic E-state index is 4.07. The van der Waals surface area contributed by atoms with E-state index in [1.165, 1.54) is 24.1 Å². The summed E-state index contributed by atoms with van der Waals surface area (Å²) in [6, 6.07) is 0.539. The lowest BCUT2D eigenvalue weighted by Crippen LogP contribution is -2.24. The molecule has 0 spiro atoms. The maximum atomic E-state index is 4.07. The Balaban J connectivity index is 2.19. The highest BCUT2D eigenvalue weighted by atomic mass is 15.1. The Kier molecular flexibility index (Phi) is 2.13. The van der Waals surface area contributed by atoms with Crippen molar-refractivity contribution in [1.29, 1.82) is 0 Å². The van der Waals surface area contributed by atoms with Crippen molar-refractivity contribution in [2.75, 3.05) is 6.54 Å². The van der Waals surface area contributed by atoms with Crippen molar-refractivity contribution >= 4 is 0 Å². The Morgan fingerprint density at radius 1 is 1.75 bits per heavy atom. The van der Waals surface area contributed by atoms with Gasteiger partial charge in [-0.15, -0.1) is 0 Å². The molecule has 2 N–H and O–H groups in total. The molecule has 66 valence electrons. The van der Waals surface area contributed by atoms with E-state index in [1.807, 2.05) is 6.20 Å². The molecule has 3 heteroatoms. The molecule has 1 aromatic heterocycles. The summed E-state index contributed by atoms with van der Waals surface area (Å²) in [5, 5.41) is 10.6. The number of aromatic nitrogens is 2. The second-order valence-electron chi connectivity index (χ2n) is 3.31. The van der Waals surface area contributed by atoms with Crippen LogP contribution in [0, 0.1) is 0 Å². The molecule has 0 amide bonds. The molecule has 0 aromatic carbocycles. The van der Waals surface area contributed by atoms with Gasteiger partial charge in [0.1, 0.15) is 0 Å². The molecule has 1 atom stereocenters. The number of aryl methyl sites for hydroxylation is 1. The van der Waals surface area contributed by atoms with Gasteiger partial charge in [0, 0.05) is 17.3 Å². The SMILES string of the molecule is CCN[C@H]1CCCc2[nH]ncc21. The van der Waals surface area contributed by atoms with E-state index in [-0.39, 0.29) is 0 Å². The highest BCUT2D eigenvalue weighted by molar-refractivity contribution is 5.23. The summed E-state index contributed by atoms with van der Waals surface area (Å²) in [6.45, 7) is 3.18. The average molecular weight is 165 g/mol. The molecule has 1 heterocycles. The van der Waals surface area contributed by atoms with Gasteiger partial charge in [-0.2, -0.15) is 5.10 Å². The Morgan fingerprint density at radius 2 is 2.67 bits per heavy atom. The Morgan fingerprint density at radius 3 is 3.50 bits per heavy atom. The molecule has 1 aromatic rings. The smallest absolute Gasteiger partial charge is 0.0538 e. The van der Waals surface area contributed by atoms with Crippen LogP contribution in [-0.2, 0) is 6.42 Å². The van der Waals surface area contributed by atoms with Crippen LogP contribution in [-0.4, -0.2) is 16.7 Å². The molecule has 12 heavy (non-hydrogen) atoms. The molecule has 1 aliphatic rings. The van der Waals surface area contributed by atoms with E-state index in [1.54, 1.807) is 0 Å². The zero-order chi connectivity index (χ0) is 8.39. The molecule has 3 nitrogen and oxygen atoms in total. The first-order valence-electron chi connectivity index (χ1n) is 4.67. The van der Waals surface area contributed by atoms with Gasteiger partial charge >= 0.3 is 0 Å². The Bertz CT molecular complexity index is 254. The molecular weight excluding hydrogens is 150 g/mol. The summed E-state index contributed by atoms with van der Waals surface area (Å²) in [5.74, 6) is 0. The van der Waals surface area contributed by atoms with E-state index >= 15 is 0 Å². The summed E-state index contributed by atoms with van der Waals surface area (Å²) < 4.78 is 0. The fourth-order valence-corrected chi connectivity index (χ4v) is 1.92. The van der Waals surface area contributed by atoms with Gasteiger partial charge in [0.2, 0.25) is 0 Å². The Hall–Kier alpha value is -0.830. The van der Waals surface area contributed by atoms with Crippen LogP contribution in [0.2, 0.25) is 0 Å². The van der Waals surface area contributed by atoms with Gasteiger partial charge in [0.05, 0.1) is 6.20 Å². The molecule has 0 bridgehead atoms. The van der Waals surface area contributed by atoms with Crippen molar-refractivity contribution in [1.82, 2.24) is 15.5 Å². The predicted molar refractivity (Wildman–Crippen MR) is 47.9 cm³/mol. The predicted octanol–water partition coefficient (Wildman–Crippen LogP) is 1.40. The van der Waals surface area contributed by atoms with Crippen LogP contribution < -0.4 is 5.32 Å². The standard InChI is InChI=1S/C9H15N3/c1-2-10-8-4-3-5-9-7(8)6-11-12-9/h6,8,10H,2-5H2,1H3,(H,11,12)/t8-/m0/s1. The maximum Gasteiger partial charge on any atom is 0.0538 e. The summed E-state index contributed by atoms with van der Waals surface area (Å²) in [7, 11) is 0. The van der Waals surface area contributed by atoms with E-state index in [2.05, 4.69) is 22.4 Å². The van der Waals surface area contributed by atoms with Crippen LogP contribution in [0.15, 0.2) is 6.20 Å². The van der Waals surface area contributed by atoms with E-state index < -0.39 is 0 Å². The number of aromatic amines is 1. The molecule has 0 saturated heterocycles. The molecular formula is C9H15N3. The zero-order valence-electron chi connectivity index (χ0n) is 7.43. The van der Waals surface area contributed by atoms with Crippen LogP contribution in [0.25, 0.3) is 0 Å². The van der Waals surface area contributed by atoms with Crippen LogP contribution in [0.1, 0.15) is 37.1 Å². The number of nitrogens with one attached hydrogen (secondary N) is 2.